The quantitative estimate of drug-likeness (QED) is 0.447. The topological polar surface area (TPSA) is 168 Å². The van der Waals surface area contributed by atoms with Crippen molar-refractivity contribution >= 4 is 23.3 Å². The number of aromatic nitrogens is 2. The summed E-state index contributed by atoms with van der Waals surface area (Å²) in [7, 11) is 0. The normalized spacial score (nSPS) is 29.2. The number of aliphatic hydroxyl groups is 3. The SMILES string of the molecule is CC(=O)Nc1ccn([C@@H]2O[C@H](C(O)C(C)=O)[C@](O)(C(C)=O)[C@H]2O)c(=O)n1. The van der Waals surface area contributed by atoms with Crippen LogP contribution in [0.2, 0.25) is 0 Å². The Morgan fingerprint density at radius 1 is 1.35 bits per heavy atom. The molecule has 1 aromatic heterocycles. The third-order valence-corrected chi connectivity index (χ3v) is 4.12. The van der Waals surface area contributed by atoms with E-state index in [1.165, 1.54) is 13.0 Å². The molecule has 1 aromatic rings. The molecule has 1 saturated heterocycles. The Hall–Kier alpha value is -2.47. The van der Waals surface area contributed by atoms with Gasteiger partial charge in [-0.2, -0.15) is 4.98 Å². The largest absolute Gasteiger partial charge is 0.385 e. The zero-order valence-corrected chi connectivity index (χ0v) is 14.2. The number of nitrogens with one attached hydrogen (secondary N) is 1. The molecule has 0 spiro atoms. The Bertz CT molecular complexity index is 806. The summed E-state index contributed by atoms with van der Waals surface area (Å²) in [5.74, 6) is -2.25. The number of amides is 1. The lowest BCUT2D eigenvalue weighted by molar-refractivity contribution is -0.162. The van der Waals surface area contributed by atoms with Crippen molar-refractivity contribution in [3.8, 4) is 0 Å². The Morgan fingerprint density at radius 2 is 1.96 bits per heavy atom. The molecule has 0 aromatic carbocycles. The number of aliphatic hydroxyl groups excluding tert-OH is 2. The lowest BCUT2D eigenvalue weighted by atomic mass is 9.84. The van der Waals surface area contributed by atoms with E-state index in [1.54, 1.807) is 0 Å². The smallest absolute Gasteiger partial charge is 0.351 e. The number of nitrogens with zero attached hydrogens (tertiary/aromatic N) is 2. The van der Waals surface area contributed by atoms with Gasteiger partial charge in [-0.15, -0.1) is 0 Å². The zero-order valence-electron chi connectivity index (χ0n) is 14.2. The van der Waals surface area contributed by atoms with Gasteiger partial charge in [-0.05, 0) is 19.9 Å². The number of hydrogen-bond donors (Lipinski definition) is 4. The first-order valence-corrected chi connectivity index (χ1v) is 7.62. The van der Waals surface area contributed by atoms with Crippen molar-refractivity contribution in [3.63, 3.8) is 0 Å². The fourth-order valence-corrected chi connectivity index (χ4v) is 2.72. The highest BCUT2D eigenvalue weighted by atomic mass is 16.6. The maximum Gasteiger partial charge on any atom is 0.351 e. The molecule has 1 aliphatic heterocycles. The molecule has 26 heavy (non-hydrogen) atoms. The van der Waals surface area contributed by atoms with E-state index in [0.29, 0.717) is 0 Å². The van der Waals surface area contributed by atoms with E-state index < -0.39 is 53.3 Å². The lowest BCUT2D eigenvalue weighted by Crippen LogP contribution is -2.58. The van der Waals surface area contributed by atoms with Crippen molar-refractivity contribution in [2.75, 3.05) is 5.32 Å². The number of ketones is 2. The minimum Gasteiger partial charge on any atom is -0.385 e. The van der Waals surface area contributed by atoms with Gasteiger partial charge in [0.15, 0.2) is 23.4 Å². The standard InChI is InChI=1S/C15H19N3O8/c1-6(19)10(22)12-15(25,7(2)20)11(23)13(26-12)18-5-4-9(16-8(3)21)17-14(18)24/h4-5,10-13,22-23,25H,1-3H3,(H,16,17,21,24)/t10?,11-,12+,13+,15-/m0/s1. The van der Waals surface area contributed by atoms with Crippen LogP contribution in [0.15, 0.2) is 17.1 Å². The molecule has 2 rings (SSSR count). The van der Waals surface area contributed by atoms with Crippen molar-refractivity contribution in [2.45, 2.75) is 50.9 Å². The van der Waals surface area contributed by atoms with E-state index in [0.717, 1.165) is 24.6 Å². The third-order valence-electron chi connectivity index (χ3n) is 4.12. The van der Waals surface area contributed by atoms with E-state index in [1.807, 2.05) is 0 Å². The third kappa shape index (κ3) is 3.29. The summed E-state index contributed by atoms with van der Waals surface area (Å²) in [6.07, 6.45) is -6.10. The predicted molar refractivity (Wildman–Crippen MR) is 85.0 cm³/mol. The van der Waals surface area contributed by atoms with Gasteiger partial charge in [-0.1, -0.05) is 0 Å². The van der Waals surface area contributed by atoms with Crippen LogP contribution in [-0.2, 0) is 19.1 Å². The maximum atomic E-state index is 12.2. The summed E-state index contributed by atoms with van der Waals surface area (Å²) < 4.78 is 6.08. The number of ether oxygens (including phenoxy) is 1. The number of anilines is 1. The van der Waals surface area contributed by atoms with Gasteiger partial charge < -0.3 is 25.4 Å². The number of carbonyl (C=O) groups excluding carboxylic acids is 3. The molecule has 5 atom stereocenters. The Balaban J connectivity index is 2.45. The molecular formula is C15H19N3O8. The zero-order chi connectivity index (χ0) is 19.8. The molecule has 11 heteroatoms. The molecule has 1 aliphatic rings. The van der Waals surface area contributed by atoms with Crippen LogP contribution >= 0.6 is 0 Å². The number of hydrogen-bond acceptors (Lipinski definition) is 9. The molecule has 1 unspecified atom stereocenters. The van der Waals surface area contributed by atoms with Crippen LogP contribution in [0.5, 0.6) is 0 Å². The molecule has 0 bridgehead atoms. The van der Waals surface area contributed by atoms with Gasteiger partial charge in [0.25, 0.3) is 0 Å². The van der Waals surface area contributed by atoms with E-state index in [4.69, 9.17) is 4.74 Å². The fraction of sp³-hybridized carbons (Fsp3) is 0.533. The van der Waals surface area contributed by atoms with E-state index in [9.17, 15) is 34.5 Å². The van der Waals surface area contributed by atoms with Gasteiger partial charge in [0, 0.05) is 13.1 Å². The summed E-state index contributed by atoms with van der Waals surface area (Å²) in [5.41, 5.74) is -3.56. The molecule has 2 heterocycles. The van der Waals surface area contributed by atoms with Crippen LogP contribution in [0.4, 0.5) is 5.82 Å². The van der Waals surface area contributed by atoms with Crippen LogP contribution in [0.1, 0.15) is 27.0 Å². The molecule has 1 amide bonds. The van der Waals surface area contributed by atoms with Gasteiger partial charge in [-0.25, -0.2) is 4.79 Å². The van der Waals surface area contributed by atoms with Gasteiger partial charge in [0.1, 0.15) is 24.1 Å². The monoisotopic (exact) mass is 369 g/mol. The predicted octanol–water partition coefficient (Wildman–Crippen LogP) is -2.27. The lowest BCUT2D eigenvalue weighted by Gasteiger charge is -2.29. The van der Waals surface area contributed by atoms with Crippen molar-refractivity contribution in [1.82, 2.24) is 9.55 Å². The average molecular weight is 369 g/mol. The molecule has 0 radical (unpaired) electrons. The summed E-state index contributed by atoms with van der Waals surface area (Å²) in [5, 5.41) is 33.2. The molecule has 4 N–H and O–H groups in total. The number of rotatable bonds is 5. The molecule has 0 aliphatic carbocycles. The number of carbonyl (C=O) groups is 3. The maximum absolute atomic E-state index is 12.2. The van der Waals surface area contributed by atoms with Gasteiger partial charge >= 0.3 is 5.69 Å². The Kier molecular flexibility index (Phi) is 5.37. The van der Waals surface area contributed by atoms with Crippen molar-refractivity contribution < 1.29 is 34.4 Å². The van der Waals surface area contributed by atoms with Crippen LogP contribution in [0.3, 0.4) is 0 Å². The summed E-state index contributed by atoms with van der Waals surface area (Å²) in [6, 6.07) is 1.24. The Morgan fingerprint density at radius 3 is 2.42 bits per heavy atom. The Labute approximate surface area is 147 Å². The summed E-state index contributed by atoms with van der Waals surface area (Å²) in [6.45, 7) is 3.19. The van der Waals surface area contributed by atoms with Crippen molar-refractivity contribution in [2.24, 2.45) is 0 Å². The first-order chi connectivity index (χ1) is 12.0. The molecule has 1 fully saturated rings. The molecular weight excluding hydrogens is 350 g/mol. The highest BCUT2D eigenvalue weighted by molar-refractivity contribution is 5.89. The van der Waals surface area contributed by atoms with E-state index >= 15 is 0 Å². The molecule has 142 valence electrons. The van der Waals surface area contributed by atoms with Gasteiger partial charge in [0.2, 0.25) is 5.91 Å². The second-order valence-electron chi connectivity index (χ2n) is 6.01. The minimum absolute atomic E-state index is 0.0478. The first-order valence-electron chi connectivity index (χ1n) is 7.62. The highest BCUT2D eigenvalue weighted by Gasteiger charge is 2.62. The van der Waals surface area contributed by atoms with Gasteiger partial charge in [-0.3, -0.25) is 19.0 Å². The summed E-state index contributed by atoms with van der Waals surface area (Å²) in [4.78, 5) is 50.1. The van der Waals surface area contributed by atoms with Crippen molar-refractivity contribution in [3.05, 3.63) is 22.7 Å². The van der Waals surface area contributed by atoms with Crippen LogP contribution in [0.25, 0.3) is 0 Å². The van der Waals surface area contributed by atoms with Crippen molar-refractivity contribution in [1.29, 1.82) is 0 Å². The summed E-state index contributed by atoms with van der Waals surface area (Å²) >= 11 is 0. The minimum atomic E-state index is -2.61. The van der Waals surface area contributed by atoms with Crippen LogP contribution in [0, 0.1) is 0 Å². The van der Waals surface area contributed by atoms with E-state index in [-0.39, 0.29) is 5.82 Å². The molecule has 11 nitrogen and oxygen atoms in total. The van der Waals surface area contributed by atoms with E-state index in [2.05, 4.69) is 10.3 Å². The van der Waals surface area contributed by atoms with Crippen LogP contribution in [-0.4, -0.2) is 66.3 Å². The fourth-order valence-electron chi connectivity index (χ4n) is 2.72. The average Bonchev–Trinajstić information content (AvgIpc) is 2.80. The second kappa shape index (κ2) is 7.03. The van der Waals surface area contributed by atoms with Gasteiger partial charge in [0.05, 0.1) is 0 Å². The highest BCUT2D eigenvalue weighted by Crippen LogP contribution is 2.39. The molecule has 0 saturated carbocycles. The second-order valence-corrected chi connectivity index (χ2v) is 6.01. The van der Waals surface area contributed by atoms with Crippen LogP contribution < -0.4 is 11.0 Å². The number of Topliss-reactive ketones (excluding diaryl/α,β-unsaturated/α-hetero) is 2. The first kappa shape index (κ1) is 19.8.